The van der Waals surface area contributed by atoms with E-state index < -0.39 is 0 Å². The van der Waals surface area contributed by atoms with E-state index in [1.165, 1.54) is 0 Å². The first-order valence-electron chi connectivity index (χ1n) is 4.41. The Morgan fingerprint density at radius 2 is 2.23 bits per heavy atom. The Morgan fingerprint density at radius 1 is 1.46 bits per heavy atom. The third-order valence-corrected chi connectivity index (χ3v) is 3.42. The van der Waals surface area contributed by atoms with Gasteiger partial charge in [0.05, 0.1) is 0 Å². The predicted molar refractivity (Wildman–Crippen MR) is 53.3 cm³/mol. The van der Waals surface area contributed by atoms with Gasteiger partial charge in [-0.15, -0.1) is 0 Å². The quantitative estimate of drug-likeness (QED) is 0.588. The molecule has 0 aromatic carbocycles. The average Bonchev–Trinajstić information content (AvgIpc) is 2.15. The van der Waals surface area contributed by atoms with Crippen LogP contribution in [0, 0.1) is 13.8 Å². The molecule has 0 aliphatic carbocycles. The second-order valence-electron chi connectivity index (χ2n) is 3.26. The monoisotopic (exact) mass is 196 g/mol. The predicted octanol–water partition coefficient (Wildman–Crippen LogP) is 1.36. The Labute approximate surface area is 81.2 Å². The van der Waals surface area contributed by atoms with Gasteiger partial charge in [0, 0.05) is 23.6 Å². The zero-order chi connectivity index (χ0) is 9.42. The normalized spacial score (nSPS) is 15.5. The summed E-state index contributed by atoms with van der Waals surface area (Å²) in [5.74, 6) is 1.08. The lowest BCUT2D eigenvalue weighted by molar-refractivity contribution is 0.554. The summed E-state index contributed by atoms with van der Waals surface area (Å²) >= 11 is 1.68. The number of hydrogen-bond acceptors (Lipinski definition) is 3. The molecule has 4 heteroatoms. The number of aryl methyl sites for hydroxylation is 1. The van der Waals surface area contributed by atoms with Crippen LogP contribution in [0.3, 0.4) is 0 Å². The van der Waals surface area contributed by atoms with E-state index in [-0.39, 0.29) is 5.56 Å². The molecule has 0 spiro atoms. The van der Waals surface area contributed by atoms with Gasteiger partial charge in [0.15, 0.2) is 5.16 Å². The molecular weight excluding hydrogens is 184 g/mol. The molecule has 0 radical (unpaired) electrons. The van der Waals surface area contributed by atoms with E-state index in [0.29, 0.717) is 0 Å². The van der Waals surface area contributed by atoms with Crippen LogP contribution >= 0.6 is 11.8 Å². The van der Waals surface area contributed by atoms with Crippen LogP contribution in [0.4, 0.5) is 0 Å². The fourth-order valence-corrected chi connectivity index (χ4v) is 2.41. The summed E-state index contributed by atoms with van der Waals surface area (Å²) in [5, 5.41) is 0.888. The van der Waals surface area contributed by atoms with Crippen molar-refractivity contribution in [2.45, 2.75) is 32.0 Å². The SMILES string of the molecule is Cc1nc2n(c(=O)c1C)CCCS2. The van der Waals surface area contributed by atoms with Crippen LogP contribution < -0.4 is 5.56 Å². The van der Waals surface area contributed by atoms with E-state index >= 15 is 0 Å². The molecule has 0 fully saturated rings. The fourth-order valence-electron chi connectivity index (χ4n) is 1.43. The van der Waals surface area contributed by atoms with E-state index in [9.17, 15) is 4.79 Å². The molecule has 0 N–H and O–H groups in total. The molecule has 1 aromatic rings. The second kappa shape index (κ2) is 3.18. The summed E-state index contributed by atoms with van der Waals surface area (Å²) < 4.78 is 1.79. The van der Waals surface area contributed by atoms with Crippen LogP contribution in [-0.2, 0) is 6.54 Å². The summed E-state index contributed by atoms with van der Waals surface area (Å²) in [5.41, 5.74) is 1.78. The van der Waals surface area contributed by atoms with Crippen molar-refractivity contribution in [2.75, 3.05) is 5.75 Å². The molecule has 2 heterocycles. The molecule has 1 aliphatic rings. The Kier molecular flexibility index (Phi) is 2.15. The number of aromatic nitrogens is 2. The van der Waals surface area contributed by atoms with Gasteiger partial charge in [0.25, 0.3) is 5.56 Å². The van der Waals surface area contributed by atoms with Gasteiger partial charge in [-0.25, -0.2) is 4.98 Å². The number of thioether (sulfide) groups is 1. The van der Waals surface area contributed by atoms with Gasteiger partial charge >= 0.3 is 0 Å². The summed E-state index contributed by atoms with van der Waals surface area (Å²) in [6, 6.07) is 0. The minimum absolute atomic E-state index is 0.134. The first kappa shape index (κ1) is 8.81. The molecule has 0 saturated carbocycles. The van der Waals surface area contributed by atoms with Crippen molar-refractivity contribution in [2.24, 2.45) is 0 Å². The standard InChI is InChI=1S/C9H12N2OS/c1-6-7(2)10-9-11(8(6)12)4-3-5-13-9/h3-5H2,1-2H3. The maximum atomic E-state index is 11.7. The zero-order valence-corrected chi connectivity index (χ0v) is 8.65. The third kappa shape index (κ3) is 1.39. The zero-order valence-electron chi connectivity index (χ0n) is 7.83. The molecule has 0 amide bonds. The van der Waals surface area contributed by atoms with Crippen LogP contribution in [0.2, 0.25) is 0 Å². The Hall–Kier alpha value is -0.770. The van der Waals surface area contributed by atoms with Crippen LogP contribution in [0.15, 0.2) is 9.95 Å². The fraction of sp³-hybridized carbons (Fsp3) is 0.556. The van der Waals surface area contributed by atoms with Gasteiger partial charge in [-0.2, -0.15) is 0 Å². The highest BCUT2D eigenvalue weighted by Gasteiger charge is 2.14. The van der Waals surface area contributed by atoms with Crippen molar-refractivity contribution < 1.29 is 0 Å². The van der Waals surface area contributed by atoms with Gasteiger partial charge in [-0.05, 0) is 20.3 Å². The first-order chi connectivity index (χ1) is 6.20. The van der Waals surface area contributed by atoms with Gasteiger partial charge in [0.2, 0.25) is 0 Å². The number of fused-ring (bicyclic) bond motifs is 1. The number of hydrogen-bond donors (Lipinski definition) is 0. The van der Waals surface area contributed by atoms with Gasteiger partial charge in [-0.3, -0.25) is 9.36 Å². The van der Waals surface area contributed by atoms with Crippen molar-refractivity contribution in [1.82, 2.24) is 9.55 Å². The van der Waals surface area contributed by atoms with Crippen molar-refractivity contribution in [3.63, 3.8) is 0 Å². The van der Waals surface area contributed by atoms with Crippen LogP contribution in [0.25, 0.3) is 0 Å². The summed E-state index contributed by atoms with van der Waals surface area (Å²) in [7, 11) is 0. The van der Waals surface area contributed by atoms with E-state index in [1.54, 1.807) is 16.3 Å². The smallest absolute Gasteiger partial charge is 0.257 e. The molecule has 3 nitrogen and oxygen atoms in total. The molecule has 0 saturated heterocycles. The highest BCUT2D eigenvalue weighted by molar-refractivity contribution is 7.99. The Balaban J connectivity index is 2.68. The minimum Gasteiger partial charge on any atom is -0.287 e. The molecular formula is C9H12N2OS. The molecule has 1 aliphatic heterocycles. The van der Waals surface area contributed by atoms with Crippen molar-refractivity contribution >= 4 is 11.8 Å². The maximum Gasteiger partial charge on any atom is 0.257 e. The van der Waals surface area contributed by atoms with Gasteiger partial charge < -0.3 is 0 Å². The molecule has 0 atom stereocenters. The van der Waals surface area contributed by atoms with Crippen molar-refractivity contribution in [3.05, 3.63) is 21.6 Å². The van der Waals surface area contributed by atoms with Crippen LogP contribution in [0.1, 0.15) is 17.7 Å². The molecule has 2 rings (SSSR count). The second-order valence-corrected chi connectivity index (χ2v) is 4.33. The minimum atomic E-state index is 0.134. The molecule has 0 unspecified atom stereocenters. The lowest BCUT2D eigenvalue weighted by atomic mass is 10.3. The Morgan fingerprint density at radius 3 is 3.00 bits per heavy atom. The largest absolute Gasteiger partial charge is 0.287 e. The van der Waals surface area contributed by atoms with Crippen LogP contribution in [0.5, 0.6) is 0 Å². The highest BCUT2D eigenvalue weighted by Crippen LogP contribution is 2.21. The summed E-state index contributed by atoms with van der Waals surface area (Å²) in [6.45, 7) is 4.57. The highest BCUT2D eigenvalue weighted by atomic mass is 32.2. The van der Waals surface area contributed by atoms with E-state index in [0.717, 1.165) is 35.1 Å². The number of nitrogens with zero attached hydrogens (tertiary/aromatic N) is 2. The van der Waals surface area contributed by atoms with Crippen molar-refractivity contribution in [3.8, 4) is 0 Å². The van der Waals surface area contributed by atoms with E-state index in [1.807, 2.05) is 13.8 Å². The van der Waals surface area contributed by atoms with E-state index in [4.69, 9.17) is 0 Å². The number of rotatable bonds is 0. The third-order valence-electron chi connectivity index (χ3n) is 2.36. The molecule has 70 valence electrons. The van der Waals surface area contributed by atoms with E-state index in [2.05, 4.69) is 4.98 Å². The molecule has 13 heavy (non-hydrogen) atoms. The maximum absolute atomic E-state index is 11.7. The van der Waals surface area contributed by atoms with Crippen molar-refractivity contribution in [1.29, 1.82) is 0 Å². The van der Waals surface area contributed by atoms with Gasteiger partial charge in [0.1, 0.15) is 0 Å². The summed E-state index contributed by atoms with van der Waals surface area (Å²) in [4.78, 5) is 16.1. The lowest BCUT2D eigenvalue weighted by Gasteiger charge is -2.17. The molecule has 0 bridgehead atoms. The average molecular weight is 196 g/mol. The van der Waals surface area contributed by atoms with Crippen LogP contribution in [-0.4, -0.2) is 15.3 Å². The van der Waals surface area contributed by atoms with Gasteiger partial charge in [-0.1, -0.05) is 11.8 Å². The molecule has 1 aromatic heterocycles. The summed E-state index contributed by atoms with van der Waals surface area (Å²) in [6.07, 6.45) is 1.07. The lowest BCUT2D eigenvalue weighted by Crippen LogP contribution is -2.28. The Bertz CT molecular complexity index is 397. The first-order valence-corrected chi connectivity index (χ1v) is 5.39. The topological polar surface area (TPSA) is 34.9 Å².